The highest BCUT2D eigenvalue weighted by Gasteiger charge is 2.18. The SMILES string of the molecule is CN(C)CCCCNc1ccc(S(N)(=O)=O)cc1[N+](=O)[O-]. The summed E-state index contributed by atoms with van der Waals surface area (Å²) in [5, 5.41) is 18.9. The van der Waals surface area contributed by atoms with Crippen molar-refractivity contribution in [1.82, 2.24) is 4.90 Å². The van der Waals surface area contributed by atoms with E-state index in [1.165, 1.54) is 12.1 Å². The summed E-state index contributed by atoms with van der Waals surface area (Å²) in [6, 6.07) is 3.59. The monoisotopic (exact) mass is 316 g/mol. The molecule has 0 aliphatic carbocycles. The Morgan fingerprint density at radius 2 is 2.00 bits per heavy atom. The lowest BCUT2D eigenvalue weighted by molar-refractivity contribution is -0.384. The number of nitrogens with zero attached hydrogens (tertiary/aromatic N) is 2. The summed E-state index contributed by atoms with van der Waals surface area (Å²) >= 11 is 0. The number of unbranched alkanes of at least 4 members (excludes halogenated alkanes) is 1. The van der Waals surface area contributed by atoms with Crippen LogP contribution in [0.4, 0.5) is 11.4 Å². The second kappa shape index (κ2) is 7.34. The molecule has 0 fully saturated rings. The van der Waals surface area contributed by atoms with E-state index in [1.54, 1.807) is 0 Å². The average molecular weight is 316 g/mol. The quantitative estimate of drug-likeness (QED) is 0.419. The van der Waals surface area contributed by atoms with Crippen LogP contribution in [-0.2, 0) is 10.0 Å². The van der Waals surface area contributed by atoms with Gasteiger partial charge in [-0.25, -0.2) is 13.6 Å². The molecule has 1 aromatic rings. The number of nitro benzene ring substituents is 1. The van der Waals surface area contributed by atoms with Gasteiger partial charge in [0.05, 0.1) is 9.82 Å². The molecule has 21 heavy (non-hydrogen) atoms. The van der Waals surface area contributed by atoms with Crippen LogP contribution in [0.25, 0.3) is 0 Å². The molecular weight excluding hydrogens is 296 g/mol. The van der Waals surface area contributed by atoms with Crippen molar-refractivity contribution in [3.8, 4) is 0 Å². The van der Waals surface area contributed by atoms with Crippen LogP contribution in [0.2, 0.25) is 0 Å². The average Bonchev–Trinajstić information content (AvgIpc) is 2.36. The number of primary sulfonamides is 1. The summed E-state index contributed by atoms with van der Waals surface area (Å²) in [5.41, 5.74) is -0.00797. The molecule has 0 aromatic heterocycles. The van der Waals surface area contributed by atoms with Crippen LogP contribution in [0.1, 0.15) is 12.8 Å². The Bertz CT molecular complexity index is 601. The highest BCUT2D eigenvalue weighted by Crippen LogP contribution is 2.27. The first-order valence-corrected chi connectivity index (χ1v) is 7.96. The summed E-state index contributed by atoms with van der Waals surface area (Å²) in [4.78, 5) is 12.2. The Morgan fingerprint density at radius 1 is 1.33 bits per heavy atom. The van der Waals surface area contributed by atoms with E-state index in [0.29, 0.717) is 6.54 Å². The summed E-state index contributed by atoms with van der Waals surface area (Å²) in [5.74, 6) is 0. The Morgan fingerprint density at radius 3 is 2.52 bits per heavy atom. The van der Waals surface area contributed by atoms with E-state index in [9.17, 15) is 18.5 Å². The van der Waals surface area contributed by atoms with E-state index in [2.05, 4.69) is 10.2 Å². The van der Waals surface area contributed by atoms with E-state index in [4.69, 9.17) is 5.14 Å². The third kappa shape index (κ3) is 5.66. The van der Waals surface area contributed by atoms with Crippen LogP contribution in [-0.4, -0.2) is 45.4 Å². The largest absolute Gasteiger partial charge is 0.379 e. The van der Waals surface area contributed by atoms with Gasteiger partial charge in [-0.1, -0.05) is 0 Å². The van der Waals surface area contributed by atoms with Crippen molar-refractivity contribution in [2.24, 2.45) is 5.14 Å². The summed E-state index contributed by atoms with van der Waals surface area (Å²) in [6.45, 7) is 1.51. The van der Waals surface area contributed by atoms with Crippen molar-refractivity contribution in [3.05, 3.63) is 28.3 Å². The van der Waals surface area contributed by atoms with Crippen LogP contribution in [0.3, 0.4) is 0 Å². The van der Waals surface area contributed by atoms with Gasteiger partial charge in [0, 0.05) is 12.6 Å². The lowest BCUT2D eigenvalue weighted by Gasteiger charge is -2.10. The predicted molar refractivity (Wildman–Crippen MR) is 80.7 cm³/mol. The van der Waals surface area contributed by atoms with Gasteiger partial charge in [0.1, 0.15) is 5.69 Å². The summed E-state index contributed by atoms with van der Waals surface area (Å²) in [7, 11) is 0.000894. The van der Waals surface area contributed by atoms with Crippen LogP contribution in [0, 0.1) is 10.1 Å². The smallest absolute Gasteiger partial charge is 0.293 e. The third-order valence-corrected chi connectivity index (χ3v) is 3.75. The van der Waals surface area contributed by atoms with E-state index in [0.717, 1.165) is 25.5 Å². The zero-order valence-electron chi connectivity index (χ0n) is 12.1. The van der Waals surface area contributed by atoms with E-state index in [1.807, 2.05) is 14.1 Å². The molecule has 0 atom stereocenters. The van der Waals surface area contributed by atoms with Crippen molar-refractivity contribution in [1.29, 1.82) is 0 Å². The van der Waals surface area contributed by atoms with Gasteiger partial charge >= 0.3 is 0 Å². The van der Waals surface area contributed by atoms with Crippen LogP contribution < -0.4 is 10.5 Å². The minimum absolute atomic E-state index is 0.271. The topological polar surface area (TPSA) is 119 Å². The molecule has 1 aromatic carbocycles. The van der Waals surface area contributed by atoms with E-state index >= 15 is 0 Å². The normalized spacial score (nSPS) is 11.6. The fourth-order valence-corrected chi connectivity index (χ4v) is 2.30. The number of benzene rings is 1. The second-order valence-electron chi connectivity index (χ2n) is 4.92. The summed E-state index contributed by atoms with van der Waals surface area (Å²) < 4.78 is 22.4. The van der Waals surface area contributed by atoms with E-state index < -0.39 is 14.9 Å². The van der Waals surface area contributed by atoms with Gasteiger partial charge in [0.25, 0.3) is 5.69 Å². The van der Waals surface area contributed by atoms with Crippen molar-refractivity contribution < 1.29 is 13.3 Å². The fourth-order valence-electron chi connectivity index (χ4n) is 1.77. The highest BCUT2D eigenvalue weighted by atomic mass is 32.2. The van der Waals surface area contributed by atoms with Gasteiger partial charge in [-0.2, -0.15) is 0 Å². The number of nitrogens with one attached hydrogen (secondary N) is 1. The molecular formula is C12H20N4O4S. The minimum atomic E-state index is -3.95. The molecule has 0 aliphatic heterocycles. The van der Waals surface area contributed by atoms with Gasteiger partial charge in [-0.05, 0) is 45.6 Å². The zero-order valence-corrected chi connectivity index (χ0v) is 12.9. The third-order valence-electron chi connectivity index (χ3n) is 2.84. The number of sulfonamides is 1. The predicted octanol–water partition coefficient (Wildman–Crippen LogP) is 0.996. The molecule has 0 saturated heterocycles. The van der Waals surface area contributed by atoms with Crippen molar-refractivity contribution in [3.63, 3.8) is 0 Å². The minimum Gasteiger partial charge on any atom is -0.379 e. The lowest BCUT2D eigenvalue weighted by Crippen LogP contribution is -2.15. The van der Waals surface area contributed by atoms with Gasteiger partial charge in [-0.15, -0.1) is 0 Å². The number of nitrogens with two attached hydrogens (primary N) is 1. The summed E-state index contributed by atoms with van der Waals surface area (Å²) in [6.07, 6.45) is 1.81. The molecule has 0 unspecified atom stereocenters. The zero-order chi connectivity index (χ0) is 16.0. The van der Waals surface area contributed by atoms with Crippen molar-refractivity contribution >= 4 is 21.4 Å². The maximum atomic E-state index is 11.2. The molecule has 0 bridgehead atoms. The molecule has 1 rings (SSSR count). The molecule has 3 N–H and O–H groups in total. The first-order valence-electron chi connectivity index (χ1n) is 6.41. The Labute approximate surface area is 124 Å². The van der Waals surface area contributed by atoms with Gasteiger partial charge in [0.2, 0.25) is 10.0 Å². The Balaban J connectivity index is 2.76. The van der Waals surface area contributed by atoms with Crippen LogP contribution in [0.5, 0.6) is 0 Å². The number of nitro groups is 1. The molecule has 0 amide bonds. The van der Waals surface area contributed by atoms with Gasteiger partial charge in [-0.3, -0.25) is 10.1 Å². The van der Waals surface area contributed by atoms with Crippen LogP contribution in [0.15, 0.2) is 23.1 Å². The first kappa shape index (κ1) is 17.3. The first-order chi connectivity index (χ1) is 9.71. The standard InChI is InChI=1S/C12H20N4O4S/c1-15(2)8-4-3-7-14-11-6-5-10(21(13,19)20)9-12(11)16(17)18/h5-6,9,14H,3-4,7-8H2,1-2H3,(H2,13,19,20). The number of anilines is 1. The van der Waals surface area contributed by atoms with Gasteiger partial charge in [0.15, 0.2) is 0 Å². The maximum absolute atomic E-state index is 11.2. The number of hydrogen-bond acceptors (Lipinski definition) is 6. The molecule has 9 heteroatoms. The second-order valence-corrected chi connectivity index (χ2v) is 6.48. The molecule has 8 nitrogen and oxygen atoms in total. The van der Waals surface area contributed by atoms with Crippen molar-refractivity contribution in [2.75, 3.05) is 32.5 Å². The molecule has 0 heterocycles. The number of hydrogen-bond donors (Lipinski definition) is 2. The molecule has 0 saturated carbocycles. The maximum Gasteiger partial charge on any atom is 0.293 e. The van der Waals surface area contributed by atoms with Gasteiger partial charge < -0.3 is 10.2 Å². The molecule has 0 spiro atoms. The van der Waals surface area contributed by atoms with E-state index in [-0.39, 0.29) is 16.3 Å². The molecule has 118 valence electrons. The molecule has 0 aliphatic rings. The molecule has 0 radical (unpaired) electrons. The highest BCUT2D eigenvalue weighted by molar-refractivity contribution is 7.89. The lowest BCUT2D eigenvalue weighted by atomic mass is 10.2. The van der Waals surface area contributed by atoms with Crippen molar-refractivity contribution in [2.45, 2.75) is 17.7 Å². The Kier molecular flexibility index (Phi) is 6.06. The Hall–Kier alpha value is -1.71. The fraction of sp³-hybridized carbons (Fsp3) is 0.500. The number of rotatable bonds is 8. The van der Waals surface area contributed by atoms with Crippen LogP contribution >= 0.6 is 0 Å².